The second-order valence-electron chi connectivity index (χ2n) is 4.75. The van der Waals surface area contributed by atoms with Gasteiger partial charge in [0.05, 0.1) is 6.61 Å². The van der Waals surface area contributed by atoms with Crippen LogP contribution in [0.4, 0.5) is 0 Å². The number of nitrogens with one attached hydrogen (secondary N) is 1. The van der Waals surface area contributed by atoms with Crippen LogP contribution in [0.5, 0.6) is 0 Å². The van der Waals surface area contributed by atoms with E-state index in [2.05, 4.69) is 42.2 Å². The first-order valence-corrected chi connectivity index (χ1v) is 6.67. The Balaban J connectivity index is 2.11. The molecule has 18 heavy (non-hydrogen) atoms. The van der Waals surface area contributed by atoms with Crippen molar-refractivity contribution in [3.63, 3.8) is 0 Å². The molecule has 0 aliphatic carbocycles. The fourth-order valence-corrected chi connectivity index (χ4v) is 1.63. The molecule has 0 aromatic carbocycles. The van der Waals surface area contributed by atoms with Gasteiger partial charge in [0.2, 0.25) is 0 Å². The standard InChI is InChI=1S/C14H26N2O2/c1-13(2)15-11-14-5-6-16(12-14)7-10-18-9-4-8-17-3/h5-6,12-13,15H,4,7-11H2,1-3H3. The van der Waals surface area contributed by atoms with Crippen molar-refractivity contribution in [1.29, 1.82) is 0 Å². The van der Waals surface area contributed by atoms with Crippen LogP contribution in [0.15, 0.2) is 18.5 Å². The lowest BCUT2D eigenvalue weighted by Crippen LogP contribution is -2.21. The van der Waals surface area contributed by atoms with E-state index in [0.717, 1.165) is 39.3 Å². The van der Waals surface area contributed by atoms with Crippen LogP contribution in [0.3, 0.4) is 0 Å². The van der Waals surface area contributed by atoms with Gasteiger partial charge in [-0.3, -0.25) is 0 Å². The van der Waals surface area contributed by atoms with E-state index in [1.54, 1.807) is 7.11 Å². The molecular weight excluding hydrogens is 228 g/mol. The van der Waals surface area contributed by atoms with Gasteiger partial charge in [-0.2, -0.15) is 0 Å². The number of aromatic nitrogens is 1. The lowest BCUT2D eigenvalue weighted by atomic mass is 10.3. The molecule has 1 rings (SSSR count). The molecule has 0 aliphatic rings. The van der Waals surface area contributed by atoms with Crippen molar-refractivity contribution >= 4 is 0 Å². The van der Waals surface area contributed by atoms with Crippen LogP contribution in [0.2, 0.25) is 0 Å². The molecule has 0 radical (unpaired) electrons. The molecule has 0 aliphatic heterocycles. The molecule has 1 aromatic heterocycles. The Kier molecular flexibility index (Phi) is 7.73. The number of nitrogens with zero attached hydrogens (tertiary/aromatic N) is 1. The Labute approximate surface area is 110 Å². The summed E-state index contributed by atoms with van der Waals surface area (Å²) in [5.41, 5.74) is 1.32. The predicted molar refractivity (Wildman–Crippen MR) is 73.7 cm³/mol. The first-order chi connectivity index (χ1) is 8.72. The van der Waals surface area contributed by atoms with E-state index >= 15 is 0 Å². The molecule has 104 valence electrons. The minimum atomic E-state index is 0.525. The molecule has 4 nitrogen and oxygen atoms in total. The van der Waals surface area contributed by atoms with Crippen LogP contribution in [0.1, 0.15) is 25.8 Å². The summed E-state index contributed by atoms with van der Waals surface area (Å²) in [6.07, 6.45) is 5.25. The van der Waals surface area contributed by atoms with Crippen LogP contribution >= 0.6 is 0 Å². The third kappa shape index (κ3) is 6.79. The van der Waals surface area contributed by atoms with Gasteiger partial charge in [-0.1, -0.05) is 13.8 Å². The summed E-state index contributed by atoms with van der Waals surface area (Å²) in [5, 5.41) is 3.41. The maximum Gasteiger partial charge on any atom is 0.0645 e. The molecule has 0 bridgehead atoms. The highest BCUT2D eigenvalue weighted by atomic mass is 16.5. The Bertz CT molecular complexity index is 310. The Morgan fingerprint density at radius 1 is 1.28 bits per heavy atom. The molecule has 1 N–H and O–H groups in total. The molecule has 0 atom stereocenters. The molecule has 1 aromatic rings. The monoisotopic (exact) mass is 254 g/mol. The van der Waals surface area contributed by atoms with E-state index in [1.165, 1.54) is 5.56 Å². The van der Waals surface area contributed by atoms with Crippen molar-refractivity contribution in [3.05, 3.63) is 24.0 Å². The zero-order valence-corrected chi connectivity index (χ0v) is 11.8. The van der Waals surface area contributed by atoms with E-state index in [0.29, 0.717) is 6.04 Å². The maximum absolute atomic E-state index is 5.53. The van der Waals surface area contributed by atoms with Crippen LogP contribution in [0, 0.1) is 0 Å². The van der Waals surface area contributed by atoms with Crippen molar-refractivity contribution in [3.8, 4) is 0 Å². The van der Waals surface area contributed by atoms with Gasteiger partial charge in [0.15, 0.2) is 0 Å². The van der Waals surface area contributed by atoms with Crippen molar-refractivity contribution in [2.45, 2.75) is 39.4 Å². The van der Waals surface area contributed by atoms with Gasteiger partial charge in [0.1, 0.15) is 0 Å². The average molecular weight is 254 g/mol. The van der Waals surface area contributed by atoms with Gasteiger partial charge < -0.3 is 19.4 Å². The summed E-state index contributed by atoms with van der Waals surface area (Å²) in [5.74, 6) is 0. The van der Waals surface area contributed by atoms with Crippen molar-refractivity contribution in [2.75, 3.05) is 26.9 Å². The predicted octanol–water partition coefficient (Wildman–Crippen LogP) is 2.04. The summed E-state index contributed by atoms with van der Waals surface area (Å²) < 4.78 is 12.7. The lowest BCUT2D eigenvalue weighted by molar-refractivity contribution is 0.0977. The Morgan fingerprint density at radius 2 is 2.11 bits per heavy atom. The summed E-state index contributed by atoms with van der Waals surface area (Å²) in [7, 11) is 1.71. The summed E-state index contributed by atoms with van der Waals surface area (Å²) in [6.45, 7) is 8.46. The quantitative estimate of drug-likeness (QED) is 0.649. The van der Waals surface area contributed by atoms with Crippen LogP contribution in [-0.4, -0.2) is 37.5 Å². The van der Waals surface area contributed by atoms with E-state index in [-0.39, 0.29) is 0 Å². The van der Waals surface area contributed by atoms with E-state index in [4.69, 9.17) is 9.47 Å². The van der Waals surface area contributed by atoms with Crippen molar-refractivity contribution < 1.29 is 9.47 Å². The number of ether oxygens (including phenoxy) is 2. The molecule has 0 saturated carbocycles. The first kappa shape index (κ1) is 15.2. The van der Waals surface area contributed by atoms with Crippen LogP contribution in [-0.2, 0) is 22.6 Å². The first-order valence-electron chi connectivity index (χ1n) is 6.67. The third-order valence-electron chi connectivity index (χ3n) is 2.66. The molecule has 1 heterocycles. The minimum absolute atomic E-state index is 0.525. The van der Waals surface area contributed by atoms with Crippen LogP contribution in [0.25, 0.3) is 0 Å². The van der Waals surface area contributed by atoms with Crippen molar-refractivity contribution in [1.82, 2.24) is 9.88 Å². The van der Waals surface area contributed by atoms with E-state index in [9.17, 15) is 0 Å². The average Bonchev–Trinajstić information content (AvgIpc) is 2.79. The van der Waals surface area contributed by atoms with Gasteiger partial charge in [-0.05, 0) is 18.1 Å². The van der Waals surface area contributed by atoms with Gasteiger partial charge in [-0.25, -0.2) is 0 Å². The highest BCUT2D eigenvalue weighted by Gasteiger charge is 1.98. The molecule has 0 spiro atoms. The van der Waals surface area contributed by atoms with E-state index in [1.807, 2.05) is 0 Å². The molecule has 0 amide bonds. The minimum Gasteiger partial charge on any atom is -0.385 e. The van der Waals surface area contributed by atoms with Crippen LogP contribution < -0.4 is 5.32 Å². The maximum atomic E-state index is 5.53. The molecule has 0 fully saturated rings. The van der Waals surface area contributed by atoms with Gasteiger partial charge >= 0.3 is 0 Å². The molecular formula is C14H26N2O2. The third-order valence-corrected chi connectivity index (χ3v) is 2.66. The van der Waals surface area contributed by atoms with Gasteiger partial charge in [0, 0.05) is 51.8 Å². The Morgan fingerprint density at radius 3 is 2.83 bits per heavy atom. The fraction of sp³-hybridized carbons (Fsp3) is 0.714. The zero-order chi connectivity index (χ0) is 13.2. The summed E-state index contributed by atoms with van der Waals surface area (Å²) >= 11 is 0. The normalized spacial score (nSPS) is 11.3. The molecule has 4 heteroatoms. The SMILES string of the molecule is COCCCOCCn1ccc(CNC(C)C)c1. The fourth-order valence-electron chi connectivity index (χ4n) is 1.63. The zero-order valence-electron chi connectivity index (χ0n) is 11.8. The number of rotatable bonds is 10. The Hall–Kier alpha value is -0.840. The van der Waals surface area contributed by atoms with Crippen molar-refractivity contribution in [2.24, 2.45) is 0 Å². The topological polar surface area (TPSA) is 35.4 Å². The van der Waals surface area contributed by atoms with E-state index < -0.39 is 0 Å². The van der Waals surface area contributed by atoms with Gasteiger partial charge in [0.25, 0.3) is 0 Å². The summed E-state index contributed by atoms with van der Waals surface area (Å²) in [4.78, 5) is 0. The highest BCUT2D eigenvalue weighted by Crippen LogP contribution is 2.01. The number of hydrogen-bond acceptors (Lipinski definition) is 3. The highest BCUT2D eigenvalue weighted by molar-refractivity contribution is 5.09. The second kappa shape index (κ2) is 9.14. The number of hydrogen-bond donors (Lipinski definition) is 1. The smallest absolute Gasteiger partial charge is 0.0645 e. The number of methoxy groups -OCH3 is 1. The largest absolute Gasteiger partial charge is 0.385 e. The lowest BCUT2D eigenvalue weighted by Gasteiger charge is -2.06. The summed E-state index contributed by atoms with van der Waals surface area (Å²) in [6, 6.07) is 2.68. The van der Waals surface area contributed by atoms with Gasteiger partial charge in [-0.15, -0.1) is 0 Å². The molecule has 0 saturated heterocycles. The second-order valence-corrected chi connectivity index (χ2v) is 4.75. The molecule has 0 unspecified atom stereocenters.